The zero-order valence-corrected chi connectivity index (χ0v) is 10.5. The predicted molar refractivity (Wildman–Crippen MR) is 72.6 cm³/mol. The number of nitro groups is 1. The fourth-order valence-electron chi connectivity index (χ4n) is 1.97. The largest absolute Gasteiger partial charge is 0.272 e. The van der Waals surface area contributed by atoms with Crippen LogP contribution in [-0.2, 0) is 6.42 Å². The summed E-state index contributed by atoms with van der Waals surface area (Å²) < 4.78 is 0. The van der Waals surface area contributed by atoms with Crippen molar-refractivity contribution in [2.45, 2.75) is 20.3 Å². The van der Waals surface area contributed by atoms with Gasteiger partial charge in [0.1, 0.15) is 0 Å². The van der Waals surface area contributed by atoms with Crippen molar-refractivity contribution in [1.82, 2.24) is 0 Å². The Labute approximate surface area is 106 Å². The molecule has 0 amide bonds. The van der Waals surface area contributed by atoms with E-state index in [9.17, 15) is 10.1 Å². The molecule has 0 aliphatic rings. The number of aryl methyl sites for hydroxylation is 2. The minimum absolute atomic E-state index is 0.202. The van der Waals surface area contributed by atoms with Crippen LogP contribution < -0.4 is 0 Å². The minimum Gasteiger partial charge on any atom is -0.258 e. The normalized spacial score (nSPS) is 10.3. The van der Waals surface area contributed by atoms with Crippen molar-refractivity contribution >= 4 is 5.69 Å². The van der Waals surface area contributed by atoms with E-state index in [1.165, 1.54) is 5.56 Å². The Hall–Kier alpha value is -2.16. The SMILES string of the molecule is CCc1cc(-c2ccc(C)cc2)ccc1[N+](=O)[O-]. The van der Waals surface area contributed by atoms with Crippen molar-refractivity contribution in [2.24, 2.45) is 0 Å². The molecular formula is C15H15NO2. The van der Waals surface area contributed by atoms with Gasteiger partial charge in [0.25, 0.3) is 5.69 Å². The zero-order valence-electron chi connectivity index (χ0n) is 10.5. The highest BCUT2D eigenvalue weighted by atomic mass is 16.6. The van der Waals surface area contributed by atoms with Gasteiger partial charge in [-0.05, 0) is 36.6 Å². The summed E-state index contributed by atoms with van der Waals surface area (Å²) in [6.45, 7) is 3.97. The first-order valence-electron chi connectivity index (χ1n) is 5.96. The Morgan fingerprint density at radius 3 is 2.22 bits per heavy atom. The molecule has 0 bridgehead atoms. The molecule has 3 nitrogen and oxygen atoms in total. The lowest BCUT2D eigenvalue weighted by Gasteiger charge is -2.05. The van der Waals surface area contributed by atoms with Gasteiger partial charge in [-0.15, -0.1) is 0 Å². The zero-order chi connectivity index (χ0) is 13.1. The van der Waals surface area contributed by atoms with Crippen LogP contribution in [0.15, 0.2) is 42.5 Å². The molecule has 2 aromatic carbocycles. The molecule has 18 heavy (non-hydrogen) atoms. The molecule has 0 saturated carbocycles. The van der Waals surface area contributed by atoms with Gasteiger partial charge < -0.3 is 0 Å². The molecule has 2 rings (SSSR count). The maximum Gasteiger partial charge on any atom is 0.272 e. The predicted octanol–water partition coefficient (Wildman–Crippen LogP) is 4.13. The molecule has 92 valence electrons. The fourth-order valence-corrected chi connectivity index (χ4v) is 1.97. The average molecular weight is 241 g/mol. The Morgan fingerprint density at radius 2 is 1.67 bits per heavy atom. The van der Waals surface area contributed by atoms with Crippen molar-refractivity contribution in [3.8, 4) is 11.1 Å². The molecule has 0 heterocycles. The molecule has 0 aromatic heterocycles. The monoisotopic (exact) mass is 241 g/mol. The standard InChI is InChI=1S/C15H15NO2/c1-3-12-10-14(8-9-15(12)16(17)18)13-6-4-11(2)5-7-13/h4-10H,3H2,1-2H3. The van der Waals surface area contributed by atoms with Crippen molar-refractivity contribution in [3.63, 3.8) is 0 Å². The number of benzene rings is 2. The summed E-state index contributed by atoms with van der Waals surface area (Å²) in [5.41, 5.74) is 4.30. The number of hydrogen-bond acceptors (Lipinski definition) is 2. The van der Waals surface area contributed by atoms with Crippen molar-refractivity contribution < 1.29 is 4.92 Å². The van der Waals surface area contributed by atoms with Crippen LogP contribution in [0.3, 0.4) is 0 Å². The van der Waals surface area contributed by atoms with Gasteiger partial charge in [-0.1, -0.05) is 36.8 Å². The summed E-state index contributed by atoms with van der Waals surface area (Å²) in [4.78, 5) is 10.6. The van der Waals surface area contributed by atoms with Crippen LogP contribution >= 0.6 is 0 Å². The lowest BCUT2D eigenvalue weighted by Crippen LogP contribution is -1.94. The lowest BCUT2D eigenvalue weighted by molar-refractivity contribution is -0.385. The first-order chi connectivity index (χ1) is 8.61. The van der Waals surface area contributed by atoms with Crippen molar-refractivity contribution in [2.75, 3.05) is 0 Å². The molecule has 0 saturated heterocycles. The van der Waals surface area contributed by atoms with E-state index in [2.05, 4.69) is 0 Å². The first-order valence-corrected chi connectivity index (χ1v) is 5.96. The van der Waals surface area contributed by atoms with Gasteiger partial charge in [0.05, 0.1) is 4.92 Å². The quantitative estimate of drug-likeness (QED) is 0.599. The number of nitro benzene ring substituents is 1. The van der Waals surface area contributed by atoms with E-state index in [1.807, 2.05) is 50.2 Å². The van der Waals surface area contributed by atoms with Crippen molar-refractivity contribution in [3.05, 3.63) is 63.7 Å². The van der Waals surface area contributed by atoms with Gasteiger partial charge in [-0.2, -0.15) is 0 Å². The summed E-state index contributed by atoms with van der Waals surface area (Å²) in [6.07, 6.45) is 0.663. The van der Waals surface area contributed by atoms with Crippen LogP contribution in [0.2, 0.25) is 0 Å². The summed E-state index contributed by atoms with van der Waals surface area (Å²) >= 11 is 0. The molecule has 0 radical (unpaired) electrons. The highest BCUT2D eigenvalue weighted by molar-refractivity contribution is 5.66. The smallest absolute Gasteiger partial charge is 0.258 e. The van der Waals surface area contributed by atoms with Gasteiger partial charge in [-0.3, -0.25) is 10.1 Å². The second-order valence-corrected chi connectivity index (χ2v) is 4.32. The Morgan fingerprint density at radius 1 is 1.06 bits per heavy atom. The second kappa shape index (κ2) is 5.00. The molecular weight excluding hydrogens is 226 g/mol. The highest BCUT2D eigenvalue weighted by Gasteiger charge is 2.12. The van der Waals surface area contributed by atoms with Crippen LogP contribution in [0.4, 0.5) is 5.69 Å². The number of nitrogens with zero attached hydrogens (tertiary/aromatic N) is 1. The summed E-state index contributed by atoms with van der Waals surface area (Å²) in [6, 6.07) is 13.5. The second-order valence-electron chi connectivity index (χ2n) is 4.32. The third kappa shape index (κ3) is 2.40. The fraction of sp³-hybridized carbons (Fsp3) is 0.200. The molecule has 0 aliphatic heterocycles. The van der Waals surface area contributed by atoms with Crippen LogP contribution in [0, 0.1) is 17.0 Å². The van der Waals surface area contributed by atoms with Crippen LogP contribution in [0.1, 0.15) is 18.1 Å². The number of hydrogen-bond donors (Lipinski definition) is 0. The minimum atomic E-state index is -0.322. The van der Waals surface area contributed by atoms with E-state index in [-0.39, 0.29) is 10.6 Å². The van der Waals surface area contributed by atoms with Gasteiger partial charge >= 0.3 is 0 Å². The van der Waals surface area contributed by atoms with E-state index in [1.54, 1.807) is 6.07 Å². The van der Waals surface area contributed by atoms with Gasteiger partial charge in [0, 0.05) is 11.6 Å². The molecule has 0 atom stereocenters. The van der Waals surface area contributed by atoms with E-state index in [0.29, 0.717) is 6.42 Å². The van der Waals surface area contributed by atoms with Crippen molar-refractivity contribution in [1.29, 1.82) is 0 Å². The average Bonchev–Trinajstić information content (AvgIpc) is 2.38. The summed E-state index contributed by atoms with van der Waals surface area (Å²) in [5.74, 6) is 0. The van der Waals surface area contributed by atoms with E-state index in [0.717, 1.165) is 16.7 Å². The molecule has 3 heteroatoms. The van der Waals surface area contributed by atoms with Crippen LogP contribution in [-0.4, -0.2) is 4.92 Å². The van der Waals surface area contributed by atoms with Gasteiger partial charge in [-0.25, -0.2) is 0 Å². The molecule has 0 unspecified atom stereocenters. The first kappa shape index (κ1) is 12.3. The number of rotatable bonds is 3. The van der Waals surface area contributed by atoms with E-state index < -0.39 is 0 Å². The van der Waals surface area contributed by atoms with E-state index >= 15 is 0 Å². The lowest BCUT2D eigenvalue weighted by atomic mass is 10.00. The van der Waals surface area contributed by atoms with Crippen LogP contribution in [0.25, 0.3) is 11.1 Å². The maximum atomic E-state index is 10.9. The maximum absolute atomic E-state index is 10.9. The Bertz CT molecular complexity index is 574. The molecule has 0 fully saturated rings. The van der Waals surface area contributed by atoms with Gasteiger partial charge in [0.15, 0.2) is 0 Å². The molecule has 2 aromatic rings. The van der Waals surface area contributed by atoms with Crippen LogP contribution in [0.5, 0.6) is 0 Å². The molecule has 0 aliphatic carbocycles. The third-order valence-corrected chi connectivity index (χ3v) is 3.04. The van der Waals surface area contributed by atoms with Gasteiger partial charge in [0.2, 0.25) is 0 Å². The Kier molecular flexibility index (Phi) is 3.42. The van der Waals surface area contributed by atoms with E-state index in [4.69, 9.17) is 0 Å². The highest BCUT2D eigenvalue weighted by Crippen LogP contribution is 2.27. The summed E-state index contributed by atoms with van der Waals surface area (Å²) in [5, 5.41) is 10.9. The third-order valence-electron chi connectivity index (χ3n) is 3.04. The molecule has 0 spiro atoms. The summed E-state index contributed by atoms with van der Waals surface area (Å²) in [7, 11) is 0. The topological polar surface area (TPSA) is 43.1 Å². The molecule has 0 N–H and O–H groups in total. The Balaban J connectivity index is 2.47.